The summed E-state index contributed by atoms with van der Waals surface area (Å²) in [5.41, 5.74) is 0.804. The van der Waals surface area contributed by atoms with Gasteiger partial charge in [0.15, 0.2) is 24.4 Å². The summed E-state index contributed by atoms with van der Waals surface area (Å²) in [4.78, 5) is 22.9. The summed E-state index contributed by atoms with van der Waals surface area (Å²) >= 11 is 5.96. The Kier molecular flexibility index (Phi) is 5.38. The minimum Gasteiger partial charge on any atom is -0.493 e. The number of carbonyl (C=O) groups is 2. The molecule has 0 unspecified atom stereocenters. The molecule has 5 nitrogen and oxygen atoms in total. The number of benzene rings is 2. The first-order chi connectivity index (χ1) is 10.7. The summed E-state index contributed by atoms with van der Waals surface area (Å²) in [6, 6.07) is 11.8. The molecule has 0 bridgehead atoms. The minimum atomic E-state index is -0.393. The fraction of sp³-hybridized carbons (Fsp3) is 0.125. The summed E-state index contributed by atoms with van der Waals surface area (Å²) in [5.74, 6) is 0.223. The molecule has 0 aliphatic rings. The van der Waals surface area contributed by atoms with Gasteiger partial charge < -0.3 is 14.8 Å². The van der Waals surface area contributed by atoms with Crippen molar-refractivity contribution in [1.29, 1.82) is 0 Å². The van der Waals surface area contributed by atoms with Crippen molar-refractivity contribution in [3.63, 3.8) is 0 Å². The Morgan fingerprint density at radius 1 is 1.23 bits per heavy atom. The molecule has 0 atom stereocenters. The zero-order valence-corrected chi connectivity index (χ0v) is 12.6. The molecule has 1 amide bonds. The molecule has 22 heavy (non-hydrogen) atoms. The van der Waals surface area contributed by atoms with Crippen LogP contribution in [-0.2, 0) is 4.79 Å². The van der Waals surface area contributed by atoms with Crippen molar-refractivity contribution in [3.8, 4) is 11.5 Å². The van der Waals surface area contributed by atoms with Gasteiger partial charge in [-0.2, -0.15) is 0 Å². The van der Waals surface area contributed by atoms with Crippen LogP contribution in [0.4, 0.5) is 5.69 Å². The number of hydrogen-bond acceptors (Lipinski definition) is 4. The van der Waals surface area contributed by atoms with E-state index in [9.17, 15) is 9.59 Å². The lowest BCUT2D eigenvalue weighted by molar-refractivity contribution is -0.118. The Hall–Kier alpha value is -2.53. The maximum absolute atomic E-state index is 11.9. The highest BCUT2D eigenvalue weighted by atomic mass is 35.5. The van der Waals surface area contributed by atoms with Gasteiger partial charge in [0.25, 0.3) is 5.91 Å². The monoisotopic (exact) mass is 319 g/mol. The van der Waals surface area contributed by atoms with E-state index in [2.05, 4.69) is 5.32 Å². The molecular formula is C16H14ClNO4. The first kappa shape index (κ1) is 15.9. The molecule has 6 heteroatoms. The van der Waals surface area contributed by atoms with E-state index < -0.39 is 5.91 Å². The van der Waals surface area contributed by atoms with Crippen LogP contribution in [0.1, 0.15) is 10.4 Å². The second kappa shape index (κ2) is 7.47. The van der Waals surface area contributed by atoms with E-state index >= 15 is 0 Å². The van der Waals surface area contributed by atoms with Gasteiger partial charge in [-0.15, -0.1) is 0 Å². The van der Waals surface area contributed by atoms with E-state index in [0.717, 1.165) is 0 Å². The van der Waals surface area contributed by atoms with Crippen LogP contribution in [0.2, 0.25) is 5.02 Å². The predicted molar refractivity (Wildman–Crippen MR) is 84.0 cm³/mol. The largest absolute Gasteiger partial charge is 0.493 e. The second-order valence-corrected chi connectivity index (χ2v) is 4.72. The van der Waals surface area contributed by atoms with Crippen LogP contribution < -0.4 is 14.8 Å². The molecule has 0 saturated carbocycles. The predicted octanol–water partition coefficient (Wildman–Crippen LogP) is 3.18. The van der Waals surface area contributed by atoms with Crippen LogP contribution in [0.25, 0.3) is 0 Å². The standard InChI is InChI=1S/C16H14ClNO4/c1-21-14-8-4-5-11(9-19)16(14)22-10-15(20)18-13-7-3-2-6-12(13)17/h2-9H,10H2,1H3,(H,18,20). The number of halogens is 1. The Bertz CT molecular complexity index is 688. The topological polar surface area (TPSA) is 64.6 Å². The van der Waals surface area contributed by atoms with E-state index in [0.29, 0.717) is 28.3 Å². The summed E-state index contributed by atoms with van der Waals surface area (Å²) in [5, 5.41) is 3.06. The fourth-order valence-corrected chi connectivity index (χ4v) is 2.01. The average Bonchev–Trinajstić information content (AvgIpc) is 2.54. The molecule has 0 saturated heterocycles. The normalized spacial score (nSPS) is 9.91. The van der Waals surface area contributed by atoms with E-state index in [-0.39, 0.29) is 12.4 Å². The van der Waals surface area contributed by atoms with Crippen LogP contribution in [0.3, 0.4) is 0 Å². The van der Waals surface area contributed by atoms with Gasteiger partial charge in [-0.05, 0) is 24.3 Å². The summed E-state index contributed by atoms with van der Waals surface area (Å²) < 4.78 is 10.5. The highest BCUT2D eigenvalue weighted by molar-refractivity contribution is 6.33. The summed E-state index contributed by atoms with van der Waals surface area (Å²) in [6.07, 6.45) is 0.643. The molecule has 1 N–H and O–H groups in total. The fourth-order valence-electron chi connectivity index (χ4n) is 1.83. The lowest BCUT2D eigenvalue weighted by Gasteiger charge is -2.12. The number of amides is 1. The molecule has 0 heterocycles. The van der Waals surface area contributed by atoms with Crippen LogP contribution in [0.5, 0.6) is 11.5 Å². The second-order valence-electron chi connectivity index (χ2n) is 4.31. The third kappa shape index (κ3) is 3.77. The number of rotatable bonds is 6. The maximum Gasteiger partial charge on any atom is 0.262 e. The van der Waals surface area contributed by atoms with Crippen molar-refractivity contribution in [2.24, 2.45) is 0 Å². The third-order valence-electron chi connectivity index (χ3n) is 2.85. The zero-order chi connectivity index (χ0) is 15.9. The molecule has 2 aromatic carbocycles. The SMILES string of the molecule is COc1cccc(C=O)c1OCC(=O)Nc1ccccc1Cl. The first-order valence-corrected chi connectivity index (χ1v) is 6.83. The van der Waals surface area contributed by atoms with Crippen LogP contribution in [0, 0.1) is 0 Å². The van der Waals surface area contributed by atoms with Crippen molar-refractivity contribution in [1.82, 2.24) is 0 Å². The van der Waals surface area contributed by atoms with Gasteiger partial charge in [-0.1, -0.05) is 29.8 Å². The molecule has 2 aromatic rings. The summed E-state index contributed by atoms with van der Waals surface area (Å²) in [6.45, 7) is -0.271. The Morgan fingerprint density at radius 3 is 2.68 bits per heavy atom. The third-order valence-corrected chi connectivity index (χ3v) is 3.18. The van der Waals surface area contributed by atoms with Gasteiger partial charge in [-0.3, -0.25) is 9.59 Å². The van der Waals surface area contributed by atoms with Gasteiger partial charge >= 0.3 is 0 Å². The zero-order valence-electron chi connectivity index (χ0n) is 11.8. The Labute approximate surface area is 132 Å². The average molecular weight is 320 g/mol. The number of ether oxygens (including phenoxy) is 2. The van der Waals surface area contributed by atoms with Crippen molar-refractivity contribution < 1.29 is 19.1 Å². The molecule has 0 aromatic heterocycles. The lowest BCUT2D eigenvalue weighted by Crippen LogP contribution is -2.20. The number of anilines is 1. The minimum absolute atomic E-state index is 0.231. The van der Waals surface area contributed by atoms with Gasteiger partial charge in [-0.25, -0.2) is 0 Å². The van der Waals surface area contributed by atoms with Crippen molar-refractivity contribution in [2.45, 2.75) is 0 Å². The van der Waals surface area contributed by atoms with Gasteiger partial charge in [0, 0.05) is 0 Å². The van der Waals surface area contributed by atoms with Crippen molar-refractivity contribution in [3.05, 3.63) is 53.1 Å². The highest BCUT2D eigenvalue weighted by Crippen LogP contribution is 2.30. The Balaban J connectivity index is 2.06. The summed E-state index contributed by atoms with van der Waals surface area (Å²) in [7, 11) is 1.46. The number of nitrogens with one attached hydrogen (secondary N) is 1. The molecule has 0 aliphatic heterocycles. The number of para-hydroxylation sites is 2. The van der Waals surface area contributed by atoms with Gasteiger partial charge in [0.2, 0.25) is 0 Å². The molecular weight excluding hydrogens is 306 g/mol. The van der Waals surface area contributed by atoms with Gasteiger partial charge in [0.05, 0.1) is 23.4 Å². The van der Waals surface area contributed by atoms with Crippen molar-refractivity contribution in [2.75, 3.05) is 19.0 Å². The first-order valence-electron chi connectivity index (χ1n) is 6.45. The van der Waals surface area contributed by atoms with E-state index in [1.165, 1.54) is 7.11 Å². The molecule has 0 spiro atoms. The number of aldehydes is 1. The van der Waals surface area contributed by atoms with Crippen LogP contribution in [-0.4, -0.2) is 25.9 Å². The Morgan fingerprint density at radius 2 is 2.00 bits per heavy atom. The van der Waals surface area contributed by atoms with Crippen LogP contribution >= 0.6 is 11.6 Å². The number of methoxy groups -OCH3 is 1. The molecule has 0 radical (unpaired) electrons. The molecule has 2 rings (SSSR count). The molecule has 0 aliphatic carbocycles. The van der Waals surface area contributed by atoms with Crippen LogP contribution in [0.15, 0.2) is 42.5 Å². The van der Waals surface area contributed by atoms with Crippen molar-refractivity contribution >= 4 is 29.5 Å². The number of carbonyl (C=O) groups excluding carboxylic acids is 2. The van der Waals surface area contributed by atoms with E-state index in [1.807, 2.05) is 0 Å². The smallest absolute Gasteiger partial charge is 0.262 e. The lowest BCUT2D eigenvalue weighted by atomic mass is 10.2. The quantitative estimate of drug-likeness (QED) is 0.831. The van der Waals surface area contributed by atoms with E-state index in [1.54, 1.807) is 42.5 Å². The maximum atomic E-state index is 11.9. The van der Waals surface area contributed by atoms with E-state index in [4.69, 9.17) is 21.1 Å². The molecule has 0 fully saturated rings. The highest BCUT2D eigenvalue weighted by Gasteiger charge is 2.12. The van der Waals surface area contributed by atoms with Gasteiger partial charge in [0.1, 0.15) is 0 Å². The molecule has 114 valence electrons. The number of hydrogen-bond donors (Lipinski definition) is 1.